The van der Waals surface area contributed by atoms with Crippen LogP contribution in [-0.4, -0.2) is 47.7 Å². The van der Waals surface area contributed by atoms with E-state index in [1.165, 1.54) is 55.5 Å². The second-order valence-corrected chi connectivity index (χ2v) is 8.76. The summed E-state index contributed by atoms with van der Waals surface area (Å²) in [7, 11) is 0. The van der Waals surface area contributed by atoms with E-state index in [0.717, 1.165) is 5.56 Å². The highest BCUT2D eigenvalue weighted by Gasteiger charge is 2.40. The molecule has 0 radical (unpaired) electrons. The molecule has 0 aromatic heterocycles. The first-order chi connectivity index (χ1) is 17.3. The lowest BCUT2D eigenvalue weighted by Crippen LogP contribution is -2.50. The number of aldehydes is 1. The van der Waals surface area contributed by atoms with Crippen LogP contribution in [0.25, 0.3) is 0 Å². The molecule has 0 saturated heterocycles. The Morgan fingerprint density at radius 1 is 0.806 bits per heavy atom. The summed E-state index contributed by atoms with van der Waals surface area (Å²) in [5, 5.41) is 11.3. The van der Waals surface area contributed by atoms with Gasteiger partial charge in [-0.25, -0.2) is 9.59 Å². The molecule has 3 aromatic rings. The molecule has 0 heterocycles. The number of carbonyl (C=O) groups is 3. The fraction of sp³-hybridized carbons (Fsp3) is 0.222. The molecule has 0 saturated carbocycles. The number of hydrogen-bond donors (Lipinski definition) is 1. The molecule has 0 aliphatic carbocycles. The Morgan fingerprint density at radius 3 is 1.72 bits per heavy atom. The molecular formula is C27H24Cl2O7. The van der Waals surface area contributed by atoms with Gasteiger partial charge in [0.1, 0.15) is 0 Å². The van der Waals surface area contributed by atoms with Crippen molar-refractivity contribution < 1.29 is 33.7 Å². The number of aliphatic hydroxyl groups excluding tert-OH is 1. The number of benzene rings is 3. The first-order valence-corrected chi connectivity index (χ1v) is 11.8. The maximum atomic E-state index is 12.9. The van der Waals surface area contributed by atoms with Crippen molar-refractivity contribution in [1.82, 2.24) is 0 Å². The molecule has 0 unspecified atom stereocenters. The Labute approximate surface area is 218 Å². The third-order valence-electron chi connectivity index (χ3n) is 5.19. The van der Waals surface area contributed by atoms with Gasteiger partial charge in [0.05, 0.1) is 23.8 Å². The van der Waals surface area contributed by atoms with Crippen molar-refractivity contribution in [1.29, 1.82) is 0 Å². The zero-order chi connectivity index (χ0) is 26.1. The summed E-state index contributed by atoms with van der Waals surface area (Å²) in [6.45, 7) is 1.36. The molecule has 36 heavy (non-hydrogen) atoms. The van der Waals surface area contributed by atoms with Crippen LogP contribution in [-0.2, 0) is 25.6 Å². The summed E-state index contributed by atoms with van der Waals surface area (Å²) in [6, 6.07) is 20.8. The number of carbonyl (C=O) groups excluding carboxylic acids is 3. The van der Waals surface area contributed by atoms with Crippen molar-refractivity contribution in [3.63, 3.8) is 0 Å². The maximum absolute atomic E-state index is 12.9. The van der Waals surface area contributed by atoms with Crippen molar-refractivity contribution in [2.24, 2.45) is 0 Å². The Morgan fingerprint density at radius 2 is 1.28 bits per heavy atom. The van der Waals surface area contributed by atoms with E-state index in [0.29, 0.717) is 16.3 Å². The van der Waals surface area contributed by atoms with Crippen LogP contribution in [0.3, 0.4) is 0 Å². The van der Waals surface area contributed by atoms with Gasteiger partial charge in [-0.05, 0) is 61.0 Å². The smallest absolute Gasteiger partial charge is 0.338 e. The number of esters is 2. The van der Waals surface area contributed by atoms with Crippen molar-refractivity contribution in [3.8, 4) is 0 Å². The zero-order valence-corrected chi connectivity index (χ0v) is 20.8. The van der Waals surface area contributed by atoms with Gasteiger partial charge >= 0.3 is 11.9 Å². The summed E-state index contributed by atoms with van der Waals surface area (Å²) in [5.74, 6) is -1.63. The number of aliphatic hydroxyl groups is 1. The Kier molecular flexibility index (Phi) is 10.0. The van der Waals surface area contributed by atoms with Crippen molar-refractivity contribution in [2.75, 3.05) is 0 Å². The van der Waals surface area contributed by atoms with Gasteiger partial charge in [-0.1, -0.05) is 53.5 Å². The van der Waals surface area contributed by atoms with Crippen LogP contribution >= 0.6 is 23.2 Å². The van der Waals surface area contributed by atoms with Crippen LogP contribution in [0.5, 0.6) is 0 Å². The summed E-state index contributed by atoms with van der Waals surface area (Å²) < 4.78 is 16.9. The van der Waals surface area contributed by atoms with E-state index < -0.39 is 36.4 Å². The number of rotatable bonds is 11. The van der Waals surface area contributed by atoms with Crippen LogP contribution < -0.4 is 0 Å². The number of ether oxygens (including phenoxy) is 3. The number of halogens is 2. The van der Waals surface area contributed by atoms with E-state index in [4.69, 9.17) is 37.4 Å². The average Bonchev–Trinajstić information content (AvgIpc) is 2.88. The molecule has 3 aromatic carbocycles. The highest BCUT2D eigenvalue weighted by molar-refractivity contribution is 6.31. The molecule has 0 spiro atoms. The monoisotopic (exact) mass is 530 g/mol. The van der Waals surface area contributed by atoms with Gasteiger partial charge in [0, 0.05) is 10.0 Å². The molecule has 188 valence electrons. The average molecular weight is 531 g/mol. The van der Waals surface area contributed by atoms with Gasteiger partial charge in [0.15, 0.2) is 24.6 Å². The van der Waals surface area contributed by atoms with Gasteiger partial charge in [-0.3, -0.25) is 0 Å². The van der Waals surface area contributed by atoms with E-state index in [-0.39, 0.29) is 17.7 Å². The Balaban J connectivity index is 1.88. The van der Waals surface area contributed by atoms with E-state index in [2.05, 4.69) is 0 Å². The zero-order valence-electron chi connectivity index (χ0n) is 19.3. The molecule has 9 heteroatoms. The Hall–Kier alpha value is -3.23. The van der Waals surface area contributed by atoms with Gasteiger partial charge in [-0.15, -0.1) is 0 Å². The normalized spacial score (nSPS) is 14.2. The van der Waals surface area contributed by atoms with Gasteiger partial charge in [0.25, 0.3) is 0 Å². The Bertz CT molecular complexity index is 1150. The van der Waals surface area contributed by atoms with E-state index in [9.17, 15) is 19.5 Å². The SMILES string of the molecule is C[C@H](O)[C@@H](OC(=O)c1ccc(Cl)cc1)[C@@H](OC(=O)c1ccc(Cl)cc1)[C@@H](C=O)OCc1ccccc1. The molecule has 4 atom stereocenters. The van der Waals surface area contributed by atoms with Crippen LogP contribution in [0.4, 0.5) is 0 Å². The lowest BCUT2D eigenvalue weighted by molar-refractivity contribution is -0.146. The molecule has 0 aliphatic heterocycles. The van der Waals surface area contributed by atoms with Crippen LogP contribution in [0.2, 0.25) is 10.0 Å². The molecule has 0 aliphatic rings. The fourth-order valence-electron chi connectivity index (χ4n) is 3.29. The molecule has 0 fully saturated rings. The van der Waals surface area contributed by atoms with Crippen LogP contribution in [0.15, 0.2) is 78.9 Å². The first kappa shape index (κ1) is 27.4. The molecule has 0 amide bonds. The third-order valence-corrected chi connectivity index (χ3v) is 5.69. The van der Waals surface area contributed by atoms with Crippen molar-refractivity contribution in [3.05, 3.63) is 106 Å². The lowest BCUT2D eigenvalue weighted by atomic mass is 10.0. The maximum Gasteiger partial charge on any atom is 0.338 e. The van der Waals surface area contributed by atoms with E-state index >= 15 is 0 Å². The highest BCUT2D eigenvalue weighted by Crippen LogP contribution is 2.21. The van der Waals surface area contributed by atoms with Crippen LogP contribution in [0, 0.1) is 0 Å². The summed E-state index contributed by atoms with van der Waals surface area (Å²) in [6.07, 6.45) is -5.15. The highest BCUT2D eigenvalue weighted by atomic mass is 35.5. The molecule has 7 nitrogen and oxygen atoms in total. The van der Waals surface area contributed by atoms with Crippen molar-refractivity contribution >= 4 is 41.4 Å². The lowest BCUT2D eigenvalue weighted by Gasteiger charge is -2.32. The second kappa shape index (κ2) is 13.2. The molecule has 0 bridgehead atoms. The molecule has 1 N–H and O–H groups in total. The van der Waals surface area contributed by atoms with Gasteiger partial charge < -0.3 is 24.1 Å². The minimum atomic E-state index is -1.47. The standard InChI is InChI=1S/C27H24Cl2O7/c1-17(31)24(35-26(32)19-7-11-21(28)12-8-19)25(36-27(33)20-9-13-22(29)14-10-20)23(15-30)34-16-18-5-3-2-4-6-18/h2-15,17,23-25,31H,16H2,1H3/t17-,23+,24+,25-/m0/s1. The van der Waals surface area contributed by atoms with Gasteiger partial charge in [0.2, 0.25) is 0 Å². The first-order valence-electron chi connectivity index (χ1n) is 11.0. The quantitative estimate of drug-likeness (QED) is 0.277. The summed E-state index contributed by atoms with van der Waals surface area (Å²) >= 11 is 11.8. The largest absolute Gasteiger partial charge is 0.452 e. The van der Waals surface area contributed by atoms with Crippen molar-refractivity contribution in [2.45, 2.75) is 37.9 Å². The second-order valence-electron chi connectivity index (χ2n) is 7.89. The topological polar surface area (TPSA) is 99.1 Å². The molecule has 3 rings (SSSR count). The van der Waals surface area contributed by atoms with E-state index in [1.54, 1.807) is 24.3 Å². The summed E-state index contributed by atoms with van der Waals surface area (Å²) in [4.78, 5) is 37.8. The fourth-order valence-corrected chi connectivity index (χ4v) is 3.55. The predicted molar refractivity (Wildman–Crippen MR) is 134 cm³/mol. The minimum absolute atomic E-state index is 0.0108. The van der Waals surface area contributed by atoms with E-state index in [1.807, 2.05) is 6.07 Å². The van der Waals surface area contributed by atoms with Crippen LogP contribution in [0.1, 0.15) is 33.2 Å². The summed E-state index contributed by atoms with van der Waals surface area (Å²) in [5.41, 5.74) is 1.06. The molecular weight excluding hydrogens is 507 g/mol. The van der Waals surface area contributed by atoms with Gasteiger partial charge in [-0.2, -0.15) is 0 Å². The number of hydrogen-bond acceptors (Lipinski definition) is 7. The predicted octanol–water partition coefficient (Wildman–Crippen LogP) is 4.91. The minimum Gasteiger partial charge on any atom is -0.452 e. The third kappa shape index (κ3) is 7.63.